The molecule has 0 amide bonds. The molecule has 1 aliphatic carbocycles. The third-order valence-corrected chi connectivity index (χ3v) is 9.32. The van der Waals surface area contributed by atoms with E-state index in [1.807, 2.05) is 0 Å². The average Bonchev–Trinajstić information content (AvgIpc) is 3.62. The fourth-order valence-corrected chi connectivity index (χ4v) is 6.87. The van der Waals surface area contributed by atoms with Crippen molar-refractivity contribution >= 4 is 28.4 Å². The lowest BCUT2D eigenvalue weighted by atomic mass is 9.84. The van der Waals surface area contributed by atoms with E-state index in [0.717, 1.165) is 19.4 Å². The van der Waals surface area contributed by atoms with Gasteiger partial charge >= 0.3 is 5.97 Å². The Morgan fingerprint density at radius 3 is 2.52 bits per heavy atom. The highest BCUT2D eigenvalue weighted by Gasteiger charge is 2.48. The molecule has 12 heteroatoms. The number of aromatic nitrogens is 3. The molecule has 216 valence electrons. The fourth-order valence-electron chi connectivity index (χ4n) is 6.87. The fraction of sp³-hybridized carbons (Fsp3) is 0.333. The van der Waals surface area contributed by atoms with E-state index >= 15 is 4.39 Å². The number of carbonyl (C=O) groups is 1. The van der Waals surface area contributed by atoms with Crippen molar-refractivity contribution in [3.63, 3.8) is 0 Å². The number of carboxylic acid groups (broad SMARTS) is 1. The molecule has 3 aromatic heterocycles. The van der Waals surface area contributed by atoms with Crippen molar-refractivity contribution in [2.45, 2.75) is 24.8 Å². The average molecular weight is 574 g/mol. The summed E-state index contributed by atoms with van der Waals surface area (Å²) in [5, 5.41) is 12.8. The first-order valence-corrected chi connectivity index (χ1v) is 13.8. The molecular formula is C30H29F2N7O3. The summed E-state index contributed by atoms with van der Waals surface area (Å²) in [5.41, 5.74) is 6.44. The summed E-state index contributed by atoms with van der Waals surface area (Å²) in [6, 6.07) is 2.78. The van der Waals surface area contributed by atoms with Gasteiger partial charge in [0.25, 0.3) is 0 Å². The molecule has 2 aliphatic heterocycles. The predicted molar refractivity (Wildman–Crippen MR) is 156 cm³/mol. The molecule has 1 atom stereocenters. The minimum atomic E-state index is -1.35. The monoisotopic (exact) mass is 573 g/mol. The van der Waals surface area contributed by atoms with E-state index < -0.39 is 28.6 Å². The third kappa shape index (κ3) is 3.57. The first-order chi connectivity index (χ1) is 20.2. The Labute approximate surface area is 239 Å². The maximum absolute atomic E-state index is 15.7. The maximum Gasteiger partial charge on any atom is 0.341 e. The molecule has 0 bridgehead atoms. The van der Waals surface area contributed by atoms with E-state index in [1.165, 1.54) is 16.9 Å². The molecule has 0 radical (unpaired) electrons. The highest BCUT2D eigenvalue weighted by atomic mass is 19.2. The van der Waals surface area contributed by atoms with Gasteiger partial charge in [0.2, 0.25) is 5.43 Å². The molecule has 10 nitrogen and oxygen atoms in total. The Morgan fingerprint density at radius 2 is 1.88 bits per heavy atom. The van der Waals surface area contributed by atoms with Gasteiger partial charge in [-0.05, 0) is 31.5 Å². The first-order valence-electron chi connectivity index (χ1n) is 13.8. The van der Waals surface area contributed by atoms with Crippen LogP contribution in [0.4, 0.5) is 20.2 Å². The van der Waals surface area contributed by atoms with Crippen molar-refractivity contribution in [3.05, 3.63) is 69.4 Å². The lowest BCUT2D eigenvalue weighted by Gasteiger charge is -2.48. The molecule has 7 rings (SSSR count). The second kappa shape index (κ2) is 9.21. The lowest BCUT2D eigenvalue weighted by Crippen LogP contribution is -2.59. The van der Waals surface area contributed by atoms with E-state index in [-0.39, 0.29) is 22.1 Å². The van der Waals surface area contributed by atoms with Crippen LogP contribution in [0.1, 0.15) is 34.5 Å². The molecule has 2 saturated heterocycles. The normalized spacial score (nSPS) is 19.2. The molecule has 3 N–H and O–H groups in total. The molecule has 42 heavy (non-hydrogen) atoms. The zero-order valence-corrected chi connectivity index (χ0v) is 23.4. The number of pyridine rings is 3. The van der Waals surface area contributed by atoms with Crippen molar-refractivity contribution in [1.29, 1.82) is 0 Å². The number of nitrogens with one attached hydrogen (secondary N) is 2. The number of hydrogen-bond acceptors (Lipinski definition) is 8. The number of aromatic carboxylic acids is 1. The first kappa shape index (κ1) is 26.3. The standard InChI is InChI=1S/C30H29F2N7O3/c1-33-21-10-20(31)25(32)23-16(21)9-22-24(23)26(38-7-5-30(14-38)4-6-37(30)3)18(12-35-22)15-8-17-27(40)19(29(41)42)13-39(34-2)28(17)36-11-15/h8,10-13,33-34H,4-7,9,14H2,1-3H3,(H,41,42). The van der Waals surface area contributed by atoms with Crippen LogP contribution in [0.15, 0.2) is 35.5 Å². The summed E-state index contributed by atoms with van der Waals surface area (Å²) < 4.78 is 32.0. The molecule has 4 aromatic rings. The molecule has 5 heterocycles. The Hall–Kier alpha value is -4.58. The van der Waals surface area contributed by atoms with Crippen LogP contribution in [0.25, 0.3) is 33.3 Å². The van der Waals surface area contributed by atoms with Gasteiger partial charge in [-0.2, -0.15) is 0 Å². The number of benzene rings is 1. The zero-order chi connectivity index (χ0) is 29.5. The second-order valence-corrected chi connectivity index (χ2v) is 11.3. The third-order valence-electron chi connectivity index (χ3n) is 9.32. The van der Waals surface area contributed by atoms with E-state index in [0.29, 0.717) is 58.8 Å². The number of likely N-dealkylation sites (N-methyl/N-ethyl adjacent to an activating group) is 1. The van der Waals surface area contributed by atoms with Gasteiger partial charge in [0, 0.05) is 98.3 Å². The second-order valence-electron chi connectivity index (χ2n) is 11.3. The SMILES string of the molecule is CNc1cc(F)c(F)c2c1Cc1ncc(-c3cnc4c(c3)c(=O)c(C(=O)O)cn4NC)c(N3CCC4(CCN4C)C3)c1-2. The predicted octanol–water partition coefficient (Wildman–Crippen LogP) is 3.51. The van der Waals surface area contributed by atoms with Gasteiger partial charge in [0.1, 0.15) is 5.56 Å². The van der Waals surface area contributed by atoms with Crippen molar-refractivity contribution in [2.75, 3.05) is 56.4 Å². The summed E-state index contributed by atoms with van der Waals surface area (Å²) in [6.45, 7) is 2.41. The van der Waals surface area contributed by atoms with E-state index in [4.69, 9.17) is 4.98 Å². The Kier molecular flexibility index (Phi) is 5.78. The molecule has 1 unspecified atom stereocenters. The largest absolute Gasteiger partial charge is 0.477 e. The Morgan fingerprint density at radius 1 is 1.10 bits per heavy atom. The van der Waals surface area contributed by atoms with Crippen LogP contribution in [0.2, 0.25) is 0 Å². The molecule has 1 aromatic carbocycles. The number of likely N-dealkylation sites (tertiary alicyclic amines) is 1. The minimum Gasteiger partial charge on any atom is -0.477 e. The van der Waals surface area contributed by atoms with Crippen molar-refractivity contribution < 1.29 is 18.7 Å². The Balaban J connectivity index is 1.50. The summed E-state index contributed by atoms with van der Waals surface area (Å²) in [7, 11) is 5.38. The topological polar surface area (TPSA) is 116 Å². The summed E-state index contributed by atoms with van der Waals surface area (Å²) in [4.78, 5) is 38.9. The zero-order valence-electron chi connectivity index (χ0n) is 23.4. The molecule has 2 fully saturated rings. The number of rotatable bonds is 5. The van der Waals surface area contributed by atoms with Gasteiger partial charge < -0.3 is 20.7 Å². The highest BCUT2D eigenvalue weighted by Crippen LogP contribution is 2.52. The van der Waals surface area contributed by atoms with E-state index in [9.17, 15) is 19.1 Å². The van der Waals surface area contributed by atoms with Gasteiger partial charge in [0.05, 0.1) is 16.8 Å². The molecule has 0 saturated carbocycles. The number of carboxylic acids is 1. The number of nitrogens with zero attached hydrogens (tertiary/aromatic N) is 5. The van der Waals surface area contributed by atoms with Gasteiger partial charge in [-0.3, -0.25) is 14.7 Å². The number of fused-ring (bicyclic) bond motifs is 4. The summed E-state index contributed by atoms with van der Waals surface area (Å²) in [5.74, 6) is -3.21. The van der Waals surface area contributed by atoms with E-state index in [1.54, 1.807) is 32.6 Å². The van der Waals surface area contributed by atoms with Crippen LogP contribution in [0.3, 0.4) is 0 Å². The van der Waals surface area contributed by atoms with Crippen LogP contribution in [-0.4, -0.2) is 76.9 Å². The van der Waals surface area contributed by atoms with Crippen molar-refractivity contribution in [3.8, 4) is 22.3 Å². The summed E-state index contributed by atoms with van der Waals surface area (Å²) in [6.07, 6.45) is 6.81. The van der Waals surface area contributed by atoms with Gasteiger partial charge in [-0.25, -0.2) is 23.2 Å². The molecular weight excluding hydrogens is 544 g/mol. The van der Waals surface area contributed by atoms with Crippen LogP contribution >= 0.6 is 0 Å². The minimum absolute atomic E-state index is 0.00399. The Bertz CT molecular complexity index is 1890. The van der Waals surface area contributed by atoms with Crippen LogP contribution in [-0.2, 0) is 6.42 Å². The van der Waals surface area contributed by atoms with Crippen LogP contribution in [0.5, 0.6) is 0 Å². The van der Waals surface area contributed by atoms with Gasteiger partial charge in [0.15, 0.2) is 17.3 Å². The van der Waals surface area contributed by atoms with Gasteiger partial charge in [-0.15, -0.1) is 0 Å². The van der Waals surface area contributed by atoms with Crippen molar-refractivity contribution in [2.24, 2.45) is 0 Å². The maximum atomic E-state index is 15.7. The number of hydrogen-bond donors (Lipinski definition) is 3. The van der Waals surface area contributed by atoms with Crippen molar-refractivity contribution in [1.82, 2.24) is 19.5 Å². The van der Waals surface area contributed by atoms with Crippen LogP contribution < -0.4 is 21.1 Å². The summed E-state index contributed by atoms with van der Waals surface area (Å²) >= 11 is 0. The van der Waals surface area contributed by atoms with E-state index in [2.05, 4.69) is 32.6 Å². The lowest BCUT2D eigenvalue weighted by molar-refractivity contribution is 0.0307. The number of halogens is 2. The quantitative estimate of drug-likeness (QED) is 0.291. The van der Waals surface area contributed by atoms with Crippen LogP contribution in [0, 0.1) is 11.6 Å². The molecule has 1 spiro atoms. The highest BCUT2D eigenvalue weighted by molar-refractivity contribution is 5.98. The molecule has 3 aliphatic rings. The van der Waals surface area contributed by atoms with Gasteiger partial charge in [-0.1, -0.05) is 0 Å². The smallest absolute Gasteiger partial charge is 0.341 e. The number of anilines is 2.